The highest BCUT2D eigenvalue weighted by Crippen LogP contribution is 2.65. The van der Waals surface area contributed by atoms with E-state index in [4.69, 9.17) is 0 Å². The van der Waals surface area contributed by atoms with Gasteiger partial charge in [-0.2, -0.15) is 0 Å². The second-order valence-corrected chi connectivity index (χ2v) is 20.3. The van der Waals surface area contributed by atoms with Gasteiger partial charge in [-0.15, -0.1) is 0 Å². The Bertz CT molecular complexity index is 2740. The van der Waals surface area contributed by atoms with Crippen LogP contribution in [0.15, 0.2) is 121 Å². The van der Waals surface area contributed by atoms with Gasteiger partial charge in [-0.05, 0) is 127 Å². The van der Waals surface area contributed by atoms with Gasteiger partial charge in [0.25, 0.3) is 0 Å². The van der Waals surface area contributed by atoms with Crippen LogP contribution in [0.1, 0.15) is 105 Å². The standard InChI is InChI=1S/C54H56N2/c1-49(2)39-25-29-43-45(47(39)51(5,6)53(49,9)10)37-31-33(23-27-41(37)55(43)35-19-15-13-16-20-35)34-24-28-42-38(32-34)46-44(56(42)36-21-17-14-18-22-36)30-26-40-48(46)52(7,8)54(11,12)50(40,3)4/h13-32H,1-12H3. The molecule has 0 aliphatic heterocycles. The summed E-state index contributed by atoms with van der Waals surface area (Å²) in [6, 6.07) is 46.0. The molecule has 56 heavy (non-hydrogen) atoms. The van der Waals surface area contributed by atoms with Crippen LogP contribution in [0, 0.1) is 10.8 Å². The Hall–Kier alpha value is -5.08. The second kappa shape index (κ2) is 10.9. The summed E-state index contributed by atoms with van der Waals surface area (Å²) in [6.45, 7) is 29.6. The summed E-state index contributed by atoms with van der Waals surface area (Å²) in [5.74, 6) is 0. The van der Waals surface area contributed by atoms with E-state index in [1.54, 1.807) is 0 Å². The van der Waals surface area contributed by atoms with Crippen molar-refractivity contribution in [2.45, 2.75) is 105 Å². The molecule has 2 heteroatoms. The van der Waals surface area contributed by atoms with Crippen molar-refractivity contribution in [2.75, 3.05) is 0 Å². The molecule has 0 unspecified atom stereocenters. The molecule has 2 nitrogen and oxygen atoms in total. The van der Waals surface area contributed by atoms with Crippen LogP contribution in [0.2, 0.25) is 0 Å². The Labute approximate surface area is 333 Å². The van der Waals surface area contributed by atoms with E-state index in [0.717, 1.165) is 0 Å². The topological polar surface area (TPSA) is 9.86 Å². The highest BCUT2D eigenvalue weighted by molar-refractivity contribution is 6.15. The molecule has 0 N–H and O–H groups in total. The molecule has 0 fully saturated rings. The quantitative estimate of drug-likeness (QED) is 0.171. The summed E-state index contributed by atoms with van der Waals surface area (Å²) in [4.78, 5) is 0. The number of fused-ring (bicyclic) bond motifs is 10. The number of nitrogens with zero attached hydrogens (tertiary/aromatic N) is 2. The van der Waals surface area contributed by atoms with Crippen LogP contribution in [-0.2, 0) is 21.7 Å². The van der Waals surface area contributed by atoms with Gasteiger partial charge in [-0.3, -0.25) is 0 Å². The van der Waals surface area contributed by atoms with Gasteiger partial charge in [0.05, 0.1) is 22.1 Å². The summed E-state index contributed by atoms with van der Waals surface area (Å²) < 4.78 is 4.99. The van der Waals surface area contributed by atoms with E-state index in [0.29, 0.717) is 0 Å². The van der Waals surface area contributed by atoms with Gasteiger partial charge in [0.2, 0.25) is 0 Å². The first-order valence-electron chi connectivity index (χ1n) is 20.7. The summed E-state index contributed by atoms with van der Waals surface area (Å²) in [7, 11) is 0. The minimum absolute atomic E-state index is 0.0218. The van der Waals surface area contributed by atoms with Crippen molar-refractivity contribution >= 4 is 43.6 Å². The predicted octanol–water partition coefficient (Wildman–Crippen LogP) is 14.7. The molecule has 8 aromatic rings. The van der Waals surface area contributed by atoms with Crippen molar-refractivity contribution in [1.29, 1.82) is 0 Å². The Kier molecular flexibility index (Phi) is 6.85. The van der Waals surface area contributed by atoms with Crippen LogP contribution in [0.4, 0.5) is 0 Å². The van der Waals surface area contributed by atoms with Gasteiger partial charge in [-0.1, -0.05) is 144 Å². The number of benzene rings is 6. The van der Waals surface area contributed by atoms with E-state index in [9.17, 15) is 0 Å². The van der Waals surface area contributed by atoms with Crippen molar-refractivity contribution in [3.8, 4) is 22.5 Å². The Balaban J connectivity index is 1.30. The van der Waals surface area contributed by atoms with Gasteiger partial charge in [0.1, 0.15) is 0 Å². The Morgan fingerprint density at radius 3 is 1.04 bits per heavy atom. The zero-order valence-electron chi connectivity index (χ0n) is 35.4. The summed E-state index contributed by atoms with van der Waals surface area (Å²) in [5, 5.41) is 5.46. The summed E-state index contributed by atoms with van der Waals surface area (Å²) >= 11 is 0. The van der Waals surface area contributed by atoms with Crippen LogP contribution in [0.25, 0.3) is 66.1 Å². The highest BCUT2D eigenvalue weighted by atomic mass is 15.0. The molecule has 0 saturated carbocycles. The molecule has 6 aromatic carbocycles. The third kappa shape index (κ3) is 4.03. The molecule has 10 rings (SSSR count). The minimum Gasteiger partial charge on any atom is -0.309 e. The zero-order chi connectivity index (χ0) is 39.5. The highest BCUT2D eigenvalue weighted by Gasteiger charge is 2.59. The van der Waals surface area contributed by atoms with Crippen molar-refractivity contribution in [1.82, 2.24) is 9.13 Å². The second-order valence-electron chi connectivity index (χ2n) is 20.3. The molecule has 0 saturated heterocycles. The predicted molar refractivity (Wildman–Crippen MR) is 240 cm³/mol. The molecule has 0 amide bonds. The number of aromatic nitrogens is 2. The van der Waals surface area contributed by atoms with Crippen molar-refractivity contribution in [3.63, 3.8) is 0 Å². The maximum absolute atomic E-state index is 2.50. The van der Waals surface area contributed by atoms with E-state index < -0.39 is 0 Å². The van der Waals surface area contributed by atoms with Crippen LogP contribution in [0.3, 0.4) is 0 Å². The van der Waals surface area contributed by atoms with Gasteiger partial charge in [-0.25, -0.2) is 0 Å². The van der Waals surface area contributed by atoms with Gasteiger partial charge >= 0.3 is 0 Å². The van der Waals surface area contributed by atoms with Crippen molar-refractivity contribution < 1.29 is 0 Å². The van der Waals surface area contributed by atoms with Crippen LogP contribution in [0.5, 0.6) is 0 Å². The maximum atomic E-state index is 2.50. The lowest BCUT2D eigenvalue weighted by Crippen LogP contribution is -2.42. The van der Waals surface area contributed by atoms with Gasteiger partial charge < -0.3 is 9.13 Å². The molecule has 2 aromatic heterocycles. The molecule has 2 heterocycles. The first kappa shape index (κ1) is 35.3. The molecule has 282 valence electrons. The molecular weight excluding hydrogens is 677 g/mol. The van der Waals surface area contributed by atoms with E-state index in [1.165, 1.54) is 88.4 Å². The lowest BCUT2D eigenvalue weighted by molar-refractivity contribution is 0.125. The fourth-order valence-electron chi connectivity index (χ4n) is 11.5. The monoisotopic (exact) mass is 732 g/mol. The zero-order valence-corrected chi connectivity index (χ0v) is 35.4. The number of hydrogen-bond donors (Lipinski definition) is 0. The molecule has 2 aliphatic carbocycles. The molecule has 0 spiro atoms. The summed E-state index contributed by atoms with van der Waals surface area (Å²) in [6.07, 6.45) is 0. The fraction of sp³-hybridized carbons (Fsp3) is 0.333. The third-order valence-electron chi connectivity index (χ3n) is 17.1. The Morgan fingerprint density at radius 2 is 0.679 bits per heavy atom. The largest absolute Gasteiger partial charge is 0.309 e. The third-order valence-corrected chi connectivity index (χ3v) is 17.1. The molecular formula is C54H56N2. The van der Waals surface area contributed by atoms with E-state index in [-0.39, 0.29) is 32.5 Å². The molecule has 0 bridgehead atoms. The van der Waals surface area contributed by atoms with Crippen molar-refractivity contribution in [2.24, 2.45) is 10.8 Å². The lowest BCUT2D eigenvalue weighted by Gasteiger charge is -2.44. The van der Waals surface area contributed by atoms with E-state index in [2.05, 4.69) is 214 Å². The van der Waals surface area contributed by atoms with Crippen LogP contribution < -0.4 is 0 Å². The van der Waals surface area contributed by atoms with Crippen LogP contribution >= 0.6 is 0 Å². The number of rotatable bonds is 3. The smallest absolute Gasteiger partial charge is 0.0544 e. The first-order chi connectivity index (χ1) is 26.4. The molecule has 0 atom stereocenters. The van der Waals surface area contributed by atoms with Crippen molar-refractivity contribution in [3.05, 3.63) is 144 Å². The van der Waals surface area contributed by atoms with E-state index in [1.807, 2.05) is 0 Å². The van der Waals surface area contributed by atoms with E-state index >= 15 is 0 Å². The summed E-state index contributed by atoms with van der Waals surface area (Å²) in [5.41, 5.74) is 16.1. The Morgan fingerprint density at radius 1 is 0.339 bits per heavy atom. The van der Waals surface area contributed by atoms with Crippen LogP contribution in [-0.4, -0.2) is 9.13 Å². The normalized spacial score (nSPS) is 19.6. The molecule has 2 aliphatic rings. The number of para-hydroxylation sites is 2. The minimum atomic E-state index is -0.0376. The maximum Gasteiger partial charge on any atom is 0.0544 e. The number of hydrogen-bond acceptors (Lipinski definition) is 0. The first-order valence-corrected chi connectivity index (χ1v) is 20.7. The van der Waals surface area contributed by atoms with Gasteiger partial charge in [0, 0.05) is 32.9 Å². The fourth-order valence-corrected chi connectivity index (χ4v) is 11.5. The SMILES string of the molecule is CC1(C)c2ccc3c(c2C(C)(C)C1(C)C)c1cc(-c2ccc4c(c2)c2c5c(ccc2n4-c2ccccc2)C(C)(C)C(C)(C)C5(C)C)ccc1n3-c1ccccc1. The molecule has 0 radical (unpaired) electrons. The lowest BCUT2D eigenvalue weighted by atomic mass is 9.59. The van der Waals surface area contributed by atoms with Gasteiger partial charge in [0.15, 0.2) is 0 Å². The average Bonchev–Trinajstić information content (AvgIpc) is 3.75. The average molecular weight is 733 g/mol.